The molecule has 24 heavy (non-hydrogen) atoms. The zero-order valence-corrected chi connectivity index (χ0v) is 16.3. The fourth-order valence-electron chi connectivity index (χ4n) is 2.63. The molecule has 1 amide bonds. The number of sulfonamides is 1. The van der Waals surface area contributed by atoms with Crippen molar-refractivity contribution in [2.24, 2.45) is 0 Å². The van der Waals surface area contributed by atoms with Crippen molar-refractivity contribution in [2.75, 3.05) is 26.2 Å². The second-order valence-electron chi connectivity index (χ2n) is 5.54. The number of nitrogens with zero attached hydrogens (tertiary/aromatic N) is 2. The van der Waals surface area contributed by atoms with E-state index in [0.29, 0.717) is 35.5 Å². The Morgan fingerprint density at radius 3 is 2.33 bits per heavy atom. The summed E-state index contributed by atoms with van der Waals surface area (Å²) in [5.74, 6) is -0.0222. The Kier molecular flexibility index (Phi) is 5.10. The van der Waals surface area contributed by atoms with E-state index in [4.69, 9.17) is 0 Å². The molecule has 5 nitrogen and oxygen atoms in total. The highest BCUT2D eigenvalue weighted by Gasteiger charge is 2.31. The second kappa shape index (κ2) is 6.95. The average Bonchev–Trinajstić information content (AvgIpc) is 3.01. The Morgan fingerprint density at radius 2 is 1.75 bits per heavy atom. The van der Waals surface area contributed by atoms with E-state index in [-0.39, 0.29) is 10.8 Å². The predicted molar refractivity (Wildman–Crippen MR) is 97.9 cm³/mol. The van der Waals surface area contributed by atoms with E-state index in [0.717, 1.165) is 4.88 Å². The van der Waals surface area contributed by atoms with E-state index < -0.39 is 10.0 Å². The molecule has 1 fully saturated rings. The predicted octanol–water partition coefficient (Wildman–Crippen LogP) is 2.97. The molecule has 0 atom stereocenters. The molecule has 128 valence electrons. The molecule has 0 unspecified atom stereocenters. The molecule has 1 aromatic heterocycles. The van der Waals surface area contributed by atoms with Gasteiger partial charge < -0.3 is 4.90 Å². The summed E-state index contributed by atoms with van der Waals surface area (Å²) in [5, 5.41) is 0. The number of carbonyl (C=O) groups excluding carboxylic acids is 1. The van der Waals surface area contributed by atoms with Crippen LogP contribution in [0.4, 0.5) is 0 Å². The molecular weight excluding hydrogens is 412 g/mol. The maximum Gasteiger partial charge on any atom is 0.264 e. The first-order chi connectivity index (χ1) is 11.4. The number of thiophene rings is 1. The van der Waals surface area contributed by atoms with Gasteiger partial charge in [-0.05, 0) is 47.1 Å². The maximum absolute atomic E-state index is 12.8. The third kappa shape index (κ3) is 3.42. The zero-order valence-electron chi connectivity index (χ0n) is 13.1. The summed E-state index contributed by atoms with van der Waals surface area (Å²) in [6, 6.07) is 10.5. The molecule has 1 saturated heterocycles. The smallest absolute Gasteiger partial charge is 0.264 e. The van der Waals surface area contributed by atoms with E-state index in [2.05, 4.69) is 15.9 Å². The van der Waals surface area contributed by atoms with Crippen molar-refractivity contribution in [2.45, 2.75) is 11.8 Å². The van der Waals surface area contributed by atoms with Crippen LogP contribution in [0.2, 0.25) is 0 Å². The van der Waals surface area contributed by atoms with Crippen molar-refractivity contribution in [3.05, 3.63) is 50.6 Å². The molecule has 0 radical (unpaired) electrons. The number of hydrogen-bond acceptors (Lipinski definition) is 4. The molecular formula is C16H17BrN2O3S2. The van der Waals surface area contributed by atoms with Crippen LogP contribution >= 0.6 is 27.3 Å². The zero-order chi connectivity index (χ0) is 17.3. The first-order valence-corrected chi connectivity index (χ1v) is 10.5. The highest BCUT2D eigenvalue weighted by Crippen LogP contribution is 2.26. The van der Waals surface area contributed by atoms with Crippen molar-refractivity contribution in [3.63, 3.8) is 0 Å². The number of carbonyl (C=O) groups is 1. The first kappa shape index (κ1) is 17.6. The van der Waals surface area contributed by atoms with Crippen molar-refractivity contribution in [3.8, 4) is 0 Å². The minimum Gasteiger partial charge on any atom is -0.335 e. The summed E-state index contributed by atoms with van der Waals surface area (Å²) < 4.78 is 27.5. The van der Waals surface area contributed by atoms with Gasteiger partial charge in [-0.3, -0.25) is 4.79 Å². The Labute approximate surface area is 154 Å². The van der Waals surface area contributed by atoms with Gasteiger partial charge in [0.05, 0.1) is 9.77 Å². The molecule has 0 bridgehead atoms. The topological polar surface area (TPSA) is 57.7 Å². The highest BCUT2D eigenvalue weighted by molar-refractivity contribution is 9.10. The van der Waals surface area contributed by atoms with Gasteiger partial charge in [-0.15, -0.1) is 11.3 Å². The molecule has 2 aromatic rings. The molecule has 8 heteroatoms. The molecule has 0 spiro atoms. The number of halogens is 1. The van der Waals surface area contributed by atoms with Crippen LogP contribution in [-0.2, 0) is 10.0 Å². The fraction of sp³-hybridized carbons (Fsp3) is 0.312. The van der Waals surface area contributed by atoms with Crippen molar-refractivity contribution in [1.29, 1.82) is 0 Å². The lowest BCUT2D eigenvalue weighted by Gasteiger charge is -2.34. The monoisotopic (exact) mass is 428 g/mol. The Balaban J connectivity index is 1.71. The lowest BCUT2D eigenvalue weighted by Crippen LogP contribution is -2.50. The lowest BCUT2D eigenvalue weighted by molar-refractivity contribution is 0.0703. The third-order valence-electron chi connectivity index (χ3n) is 3.93. The SMILES string of the molecule is Cc1ccc(C(=O)N2CCN(S(=O)(=O)c3ccccc3Br)CC2)s1. The van der Waals surface area contributed by atoms with Gasteiger partial charge in [0.25, 0.3) is 5.91 Å². The Bertz CT molecular complexity index is 856. The van der Waals surface area contributed by atoms with Crippen LogP contribution in [0.3, 0.4) is 0 Å². The van der Waals surface area contributed by atoms with Crippen LogP contribution in [0.15, 0.2) is 45.8 Å². The van der Waals surface area contributed by atoms with Crippen LogP contribution in [0.25, 0.3) is 0 Å². The molecule has 1 aliphatic rings. The van der Waals surface area contributed by atoms with E-state index in [9.17, 15) is 13.2 Å². The standard InChI is InChI=1S/C16H17BrN2O3S2/c1-12-6-7-14(23-12)16(20)18-8-10-19(11-9-18)24(21,22)15-5-3-2-4-13(15)17/h2-7H,8-11H2,1H3. The number of rotatable bonds is 3. The van der Waals surface area contributed by atoms with E-state index in [1.807, 2.05) is 19.1 Å². The maximum atomic E-state index is 12.8. The van der Waals surface area contributed by atoms with Crippen LogP contribution in [0.5, 0.6) is 0 Å². The minimum atomic E-state index is -3.55. The van der Waals surface area contributed by atoms with Gasteiger partial charge in [-0.2, -0.15) is 4.31 Å². The van der Waals surface area contributed by atoms with Gasteiger partial charge in [0, 0.05) is 35.5 Å². The molecule has 1 aromatic carbocycles. The number of hydrogen-bond donors (Lipinski definition) is 0. The van der Waals surface area contributed by atoms with E-state index >= 15 is 0 Å². The van der Waals surface area contributed by atoms with Crippen LogP contribution in [0.1, 0.15) is 14.5 Å². The number of aryl methyl sites for hydroxylation is 1. The molecule has 2 heterocycles. The van der Waals surface area contributed by atoms with Gasteiger partial charge >= 0.3 is 0 Å². The highest BCUT2D eigenvalue weighted by atomic mass is 79.9. The largest absolute Gasteiger partial charge is 0.335 e. The number of benzene rings is 1. The number of piperazine rings is 1. The first-order valence-electron chi connectivity index (χ1n) is 7.50. The molecule has 0 N–H and O–H groups in total. The molecule has 1 aliphatic heterocycles. The van der Waals surface area contributed by atoms with E-state index in [1.54, 1.807) is 29.2 Å². The molecule has 0 saturated carbocycles. The minimum absolute atomic E-state index is 0.0222. The average molecular weight is 429 g/mol. The van der Waals surface area contributed by atoms with E-state index in [1.165, 1.54) is 15.6 Å². The second-order valence-corrected chi connectivity index (χ2v) is 9.59. The number of amides is 1. The van der Waals surface area contributed by atoms with Gasteiger partial charge in [0.1, 0.15) is 0 Å². The van der Waals surface area contributed by atoms with Crippen LogP contribution in [0, 0.1) is 6.92 Å². The van der Waals surface area contributed by atoms with Crippen LogP contribution < -0.4 is 0 Å². The quantitative estimate of drug-likeness (QED) is 0.754. The summed E-state index contributed by atoms with van der Waals surface area (Å²) in [5.41, 5.74) is 0. The summed E-state index contributed by atoms with van der Waals surface area (Å²) in [6.45, 7) is 3.38. The van der Waals surface area contributed by atoms with Crippen molar-refractivity contribution < 1.29 is 13.2 Å². The lowest BCUT2D eigenvalue weighted by atomic mass is 10.3. The van der Waals surface area contributed by atoms with Gasteiger partial charge in [0.15, 0.2) is 0 Å². The summed E-state index contributed by atoms with van der Waals surface area (Å²) in [6.07, 6.45) is 0. The third-order valence-corrected chi connectivity index (χ3v) is 7.83. The summed E-state index contributed by atoms with van der Waals surface area (Å²) in [7, 11) is -3.55. The van der Waals surface area contributed by atoms with Crippen LogP contribution in [-0.4, -0.2) is 49.7 Å². The van der Waals surface area contributed by atoms with Gasteiger partial charge in [-0.25, -0.2) is 8.42 Å². The fourth-order valence-corrected chi connectivity index (χ4v) is 5.85. The van der Waals surface area contributed by atoms with Gasteiger partial charge in [0.2, 0.25) is 10.0 Å². The normalized spacial score (nSPS) is 16.3. The summed E-state index contributed by atoms with van der Waals surface area (Å²) in [4.78, 5) is 16.2. The molecule has 0 aliphatic carbocycles. The Hall–Kier alpha value is -1.22. The van der Waals surface area contributed by atoms with Crippen molar-refractivity contribution in [1.82, 2.24) is 9.21 Å². The molecule has 3 rings (SSSR count). The van der Waals surface area contributed by atoms with Gasteiger partial charge in [-0.1, -0.05) is 12.1 Å². The van der Waals surface area contributed by atoms with Crippen molar-refractivity contribution >= 4 is 43.2 Å². The Morgan fingerprint density at radius 1 is 1.08 bits per heavy atom. The summed E-state index contributed by atoms with van der Waals surface area (Å²) >= 11 is 4.76.